The summed E-state index contributed by atoms with van der Waals surface area (Å²) in [6.07, 6.45) is 0. The normalized spacial score (nSPS) is 10.5. The second kappa shape index (κ2) is 4.22. The third-order valence-electron chi connectivity index (χ3n) is 2.68. The molecule has 0 radical (unpaired) electrons. The number of aromatic carboxylic acids is 1. The maximum absolute atomic E-state index is 11.2. The molecule has 0 atom stereocenters. The number of hydrogen-bond donors (Lipinski definition) is 1. The van der Waals surface area contributed by atoms with Crippen LogP contribution in [0.3, 0.4) is 0 Å². The topological polar surface area (TPSA) is 55.1 Å². The summed E-state index contributed by atoms with van der Waals surface area (Å²) in [5.74, 6) is -1.05. The fourth-order valence-corrected chi connectivity index (χ4v) is 1.97. The summed E-state index contributed by atoms with van der Waals surface area (Å²) in [7, 11) is 1.71. The summed E-state index contributed by atoms with van der Waals surface area (Å²) >= 11 is 6.09. The zero-order valence-electron chi connectivity index (χ0n) is 9.44. The highest BCUT2D eigenvalue weighted by Gasteiger charge is 2.21. The van der Waals surface area contributed by atoms with Crippen LogP contribution in [-0.4, -0.2) is 20.9 Å². The lowest BCUT2D eigenvalue weighted by Crippen LogP contribution is -2.00. The van der Waals surface area contributed by atoms with E-state index in [1.54, 1.807) is 29.9 Å². The van der Waals surface area contributed by atoms with E-state index in [4.69, 9.17) is 16.7 Å². The molecular formula is C12H11ClN2O2. The minimum Gasteiger partial charge on any atom is -0.476 e. The van der Waals surface area contributed by atoms with E-state index in [0.717, 1.165) is 5.69 Å². The van der Waals surface area contributed by atoms with Crippen LogP contribution in [0.1, 0.15) is 16.2 Å². The minimum absolute atomic E-state index is 0.0260. The Morgan fingerprint density at radius 3 is 2.65 bits per heavy atom. The number of aromatic nitrogens is 2. The standard InChI is InChI=1S/C12H11ClN2O2/c1-7-10(8-5-3-4-6-9(8)13)11(12(16)17)14-15(7)2/h3-6H,1-2H3,(H,16,17). The predicted octanol–water partition coefficient (Wildman–Crippen LogP) is 2.75. The van der Waals surface area contributed by atoms with Crippen LogP contribution in [0.2, 0.25) is 5.02 Å². The molecule has 17 heavy (non-hydrogen) atoms. The highest BCUT2D eigenvalue weighted by Crippen LogP contribution is 2.32. The first-order valence-electron chi connectivity index (χ1n) is 5.04. The van der Waals surface area contributed by atoms with Gasteiger partial charge < -0.3 is 5.11 Å². The molecule has 0 spiro atoms. The Hall–Kier alpha value is -1.81. The van der Waals surface area contributed by atoms with Crippen molar-refractivity contribution in [1.82, 2.24) is 9.78 Å². The van der Waals surface area contributed by atoms with Crippen LogP contribution in [0, 0.1) is 6.92 Å². The van der Waals surface area contributed by atoms with Crippen molar-refractivity contribution in [3.05, 3.63) is 40.7 Å². The van der Waals surface area contributed by atoms with E-state index in [0.29, 0.717) is 16.1 Å². The summed E-state index contributed by atoms with van der Waals surface area (Å²) in [5.41, 5.74) is 2.07. The van der Waals surface area contributed by atoms with Crippen molar-refractivity contribution in [2.24, 2.45) is 7.05 Å². The van der Waals surface area contributed by atoms with E-state index in [2.05, 4.69) is 5.10 Å². The van der Waals surface area contributed by atoms with E-state index in [1.807, 2.05) is 13.0 Å². The minimum atomic E-state index is -1.05. The summed E-state index contributed by atoms with van der Waals surface area (Å²) in [5, 5.41) is 13.6. The fourth-order valence-electron chi connectivity index (χ4n) is 1.74. The highest BCUT2D eigenvalue weighted by atomic mass is 35.5. The van der Waals surface area contributed by atoms with Gasteiger partial charge in [-0.25, -0.2) is 4.79 Å². The Morgan fingerprint density at radius 2 is 2.06 bits per heavy atom. The number of benzene rings is 1. The maximum Gasteiger partial charge on any atom is 0.357 e. The van der Waals surface area contributed by atoms with Gasteiger partial charge in [0, 0.05) is 28.9 Å². The molecule has 1 aromatic heterocycles. The molecular weight excluding hydrogens is 240 g/mol. The molecule has 0 bridgehead atoms. The molecule has 0 unspecified atom stereocenters. The SMILES string of the molecule is Cc1c(-c2ccccc2Cl)c(C(=O)O)nn1C. The Kier molecular flexibility index (Phi) is 2.90. The maximum atomic E-state index is 11.2. The van der Waals surface area contributed by atoms with E-state index in [-0.39, 0.29) is 5.69 Å². The lowest BCUT2D eigenvalue weighted by molar-refractivity contribution is 0.0690. The number of carboxylic acids is 1. The van der Waals surface area contributed by atoms with E-state index < -0.39 is 5.97 Å². The van der Waals surface area contributed by atoms with Crippen LogP contribution < -0.4 is 0 Å². The van der Waals surface area contributed by atoms with Crippen LogP contribution in [0.4, 0.5) is 0 Å². The van der Waals surface area contributed by atoms with Crippen molar-refractivity contribution in [2.75, 3.05) is 0 Å². The molecule has 0 saturated carbocycles. The van der Waals surface area contributed by atoms with Gasteiger partial charge in [-0.05, 0) is 13.0 Å². The van der Waals surface area contributed by atoms with Gasteiger partial charge in [-0.3, -0.25) is 4.68 Å². The Bertz CT molecular complexity index is 590. The van der Waals surface area contributed by atoms with Gasteiger partial charge in [0.15, 0.2) is 5.69 Å². The molecule has 0 aliphatic rings. The van der Waals surface area contributed by atoms with Gasteiger partial charge in [-0.15, -0.1) is 0 Å². The van der Waals surface area contributed by atoms with Crippen molar-refractivity contribution < 1.29 is 9.90 Å². The van der Waals surface area contributed by atoms with Gasteiger partial charge >= 0.3 is 5.97 Å². The first-order valence-corrected chi connectivity index (χ1v) is 5.42. The number of halogens is 1. The first kappa shape index (κ1) is 11.7. The molecule has 1 N–H and O–H groups in total. The van der Waals surface area contributed by atoms with Gasteiger partial charge in [0.05, 0.1) is 0 Å². The highest BCUT2D eigenvalue weighted by molar-refractivity contribution is 6.33. The van der Waals surface area contributed by atoms with Crippen molar-refractivity contribution in [2.45, 2.75) is 6.92 Å². The Labute approximate surface area is 103 Å². The molecule has 0 aliphatic heterocycles. The number of carboxylic acid groups (broad SMARTS) is 1. The van der Waals surface area contributed by atoms with Crippen LogP contribution in [0.5, 0.6) is 0 Å². The monoisotopic (exact) mass is 250 g/mol. The Balaban J connectivity index is 2.75. The number of rotatable bonds is 2. The third kappa shape index (κ3) is 1.91. The molecule has 0 aliphatic carbocycles. The number of hydrogen-bond acceptors (Lipinski definition) is 2. The van der Waals surface area contributed by atoms with Crippen molar-refractivity contribution in [1.29, 1.82) is 0 Å². The number of carbonyl (C=O) groups is 1. The number of nitrogens with zero attached hydrogens (tertiary/aromatic N) is 2. The quantitative estimate of drug-likeness (QED) is 0.892. The largest absolute Gasteiger partial charge is 0.476 e. The second-order valence-electron chi connectivity index (χ2n) is 3.72. The van der Waals surface area contributed by atoms with E-state index >= 15 is 0 Å². The van der Waals surface area contributed by atoms with Crippen LogP contribution in [0.25, 0.3) is 11.1 Å². The molecule has 1 aromatic carbocycles. The van der Waals surface area contributed by atoms with Gasteiger partial charge in [-0.1, -0.05) is 29.8 Å². The zero-order valence-corrected chi connectivity index (χ0v) is 10.2. The molecule has 5 heteroatoms. The Morgan fingerprint density at radius 1 is 1.41 bits per heavy atom. The van der Waals surface area contributed by atoms with E-state index in [9.17, 15) is 4.79 Å². The smallest absolute Gasteiger partial charge is 0.357 e. The molecule has 0 saturated heterocycles. The van der Waals surface area contributed by atoms with Crippen LogP contribution >= 0.6 is 11.6 Å². The van der Waals surface area contributed by atoms with Crippen LogP contribution in [0.15, 0.2) is 24.3 Å². The molecule has 2 rings (SSSR count). The van der Waals surface area contributed by atoms with Gasteiger partial charge in [0.2, 0.25) is 0 Å². The van der Waals surface area contributed by atoms with Gasteiger partial charge in [0.25, 0.3) is 0 Å². The fraction of sp³-hybridized carbons (Fsp3) is 0.167. The summed E-state index contributed by atoms with van der Waals surface area (Å²) in [6.45, 7) is 1.82. The first-order chi connectivity index (χ1) is 8.02. The van der Waals surface area contributed by atoms with Crippen molar-refractivity contribution >= 4 is 17.6 Å². The average molecular weight is 251 g/mol. The lowest BCUT2D eigenvalue weighted by atomic mass is 10.0. The molecule has 0 amide bonds. The van der Waals surface area contributed by atoms with Gasteiger partial charge in [0.1, 0.15) is 0 Å². The summed E-state index contributed by atoms with van der Waals surface area (Å²) in [6, 6.07) is 7.14. The number of aryl methyl sites for hydroxylation is 1. The second-order valence-corrected chi connectivity index (χ2v) is 4.12. The molecule has 0 fully saturated rings. The molecule has 2 aromatic rings. The van der Waals surface area contributed by atoms with Crippen molar-refractivity contribution in [3.63, 3.8) is 0 Å². The molecule has 1 heterocycles. The van der Waals surface area contributed by atoms with Gasteiger partial charge in [-0.2, -0.15) is 5.10 Å². The summed E-state index contributed by atoms with van der Waals surface area (Å²) in [4.78, 5) is 11.2. The van der Waals surface area contributed by atoms with Crippen molar-refractivity contribution in [3.8, 4) is 11.1 Å². The lowest BCUT2D eigenvalue weighted by Gasteiger charge is -2.04. The summed E-state index contributed by atoms with van der Waals surface area (Å²) < 4.78 is 1.54. The predicted molar refractivity (Wildman–Crippen MR) is 65.4 cm³/mol. The third-order valence-corrected chi connectivity index (χ3v) is 3.01. The van der Waals surface area contributed by atoms with E-state index in [1.165, 1.54) is 0 Å². The van der Waals surface area contributed by atoms with Crippen LogP contribution in [-0.2, 0) is 7.05 Å². The molecule has 4 nitrogen and oxygen atoms in total. The zero-order chi connectivity index (χ0) is 12.6. The molecule has 88 valence electrons. The average Bonchev–Trinajstić information content (AvgIpc) is 2.57.